The minimum Gasteiger partial charge on any atom is -1.00 e. The van der Waals surface area contributed by atoms with Gasteiger partial charge in [0.2, 0.25) is 0 Å². The predicted octanol–water partition coefficient (Wildman–Crippen LogP) is 2.57. The van der Waals surface area contributed by atoms with Gasteiger partial charge in [-0.05, 0) is 30.7 Å². The Morgan fingerprint density at radius 2 is 1.65 bits per heavy atom. The first-order valence-electron chi connectivity index (χ1n) is 9.07. The molecule has 1 heterocycles. The summed E-state index contributed by atoms with van der Waals surface area (Å²) in [7, 11) is -4.46. The van der Waals surface area contributed by atoms with E-state index < -0.39 is 10.1 Å². The van der Waals surface area contributed by atoms with Gasteiger partial charge in [-0.2, -0.15) is 8.42 Å². The topological polar surface area (TPSA) is 118 Å². The van der Waals surface area contributed by atoms with Crippen molar-refractivity contribution >= 4 is 38.0 Å². The van der Waals surface area contributed by atoms with Gasteiger partial charge < -0.3 is 7.16 Å². The van der Waals surface area contributed by atoms with Gasteiger partial charge in [-0.1, -0.05) is 48.5 Å². The van der Waals surface area contributed by atoms with E-state index in [9.17, 15) is 13.0 Å². The second-order valence-electron chi connectivity index (χ2n) is 6.74. The van der Waals surface area contributed by atoms with Crippen LogP contribution in [0.4, 0.5) is 17.1 Å². The van der Waals surface area contributed by atoms with Crippen LogP contribution in [0.25, 0.3) is 22.0 Å². The number of aryl methyl sites for hydroxylation is 1. The van der Waals surface area contributed by atoms with Gasteiger partial charge >= 0.3 is 29.6 Å². The maximum atomic E-state index is 11.8. The molecule has 0 spiro atoms. The van der Waals surface area contributed by atoms with E-state index in [0.717, 1.165) is 16.8 Å². The van der Waals surface area contributed by atoms with E-state index >= 15 is 0 Å². The zero-order valence-corrected chi connectivity index (χ0v) is 19.8. The molecule has 4 aromatic rings. The molecule has 0 radical (unpaired) electrons. The van der Waals surface area contributed by atoms with Crippen molar-refractivity contribution in [2.75, 3.05) is 5.73 Å². The first kappa shape index (κ1) is 23.1. The molecule has 0 unspecified atom stereocenters. The number of hydrogen-bond acceptors (Lipinski definition) is 6. The summed E-state index contributed by atoms with van der Waals surface area (Å²) in [6.45, 7) is 2.01. The summed E-state index contributed by atoms with van der Waals surface area (Å²) in [4.78, 5) is 4.16. The normalized spacial score (nSPS) is 11.5. The van der Waals surface area contributed by atoms with E-state index in [0.29, 0.717) is 16.5 Å². The average Bonchev–Trinajstić information content (AvgIpc) is 2.73. The Labute approximate surface area is 203 Å². The second kappa shape index (κ2) is 9.25. The molecule has 0 aliphatic rings. The molecular formula is C22H19N4NaO3S. The Balaban J connectivity index is 0.00000181. The fraction of sp³-hybridized carbons (Fsp3) is 0.0455. The number of nitrogen functional groups attached to an aromatic ring is 1. The van der Waals surface area contributed by atoms with Crippen molar-refractivity contribution in [1.29, 1.82) is 0 Å². The van der Waals surface area contributed by atoms with Crippen molar-refractivity contribution in [3.63, 3.8) is 0 Å². The summed E-state index contributed by atoms with van der Waals surface area (Å²) in [6.07, 6.45) is 1.58. The fourth-order valence-electron chi connectivity index (χ4n) is 3.22. The molecule has 0 aliphatic carbocycles. The molecule has 152 valence electrons. The largest absolute Gasteiger partial charge is 1.00 e. The van der Waals surface area contributed by atoms with Crippen molar-refractivity contribution < 1.29 is 44.0 Å². The number of rotatable bonds is 4. The van der Waals surface area contributed by atoms with E-state index in [1.165, 1.54) is 6.07 Å². The molecule has 0 amide bonds. The van der Waals surface area contributed by atoms with Gasteiger partial charge in [-0.25, -0.2) is 0 Å². The number of nitrogens with two attached hydrogens (primary N) is 1. The molecule has 0 saturated heterocycles. The van der Waals surface area contributed by atoms with Crippen LogP contribution in [-0.4, -0.2) is 18.0 Å². The van der Waals surface area contributed by atoms with Crippen LogP contribution in [-0.2, 0) is 10.1 Å². The van der Waals surface area contributed by atoms with Gasteiger partial charge in [0.15, 0.2) is 0 Å². The van der Waals surface area contributed by atoms with Crippen molar-refractivity contribution in [3.8, 4) is 11.3 Å². The third-order valence-corrected chi connectivity index (χ3v) is 5.64. The van der Waals surface area contributed by atoms with Gasteiger partial charge in [0.1, 0.15) is 16.3 Å². The van der Waals surface area contributed by atoms with Crippen LogP contribution >= 0.6 is 0 Å². The summed E-state index contributed by atoms with van der Waals surface area (Å²) < 4.78 is 33.2. The maximum absolute atomic E-state index is 11.8. The Bertz CT molecular complexity index is 1390. The molecule has 7 nitrogen and oxygen atoms in total. The Morgan fingerprint density at radius 3 is 2.29 bits per heavy atom. The van der Waals surface area contributed by atoms with E-state index in [1.807, 2.05) is 37.3 Å². The number of pyridine rings is 1. The van der Waals surface area contributed by atoms with Gasteiger partial charge in [0, 0.05) is 16.3 Å². The molecule has 0 atom stereocenters. The van der Waals surface area contributed by atoms with Crippen molar-refractivity contribution in [3.05, 3.63) is 78.5 Å². The van der Waals surface area contributed by atoms with Gasteiger partial charge in [0.25, 0.3) is 10.1 Å². The van der Waals surface area contributed by atoms with Crippen molar-refractivity contribution in [2.24, 2.45) is 10.2 Å². The fourth-order valence-corrected chi connectivity index (χ4v) is 3.94. The third-order valence-electron chi connectivity index (χ3n) is 4.75. The number of hydrogen-bond donors (Lipinski definition) is 2. The first-order chi connectivity index (χ1) is 14.3. The quantitative estimate of drug-likeness (QED) is 0.218. The summed E-state index contributed by atoms with van der Waals surface area (Å²) in [5.74, 6) is 0. The number of aromatic nitrogens is 1. The van der Waals surface area contributed by atoms with E-state index in [4.69, 9.17) is 5.73 Å². The molecule has 1 aromatic heterocycles. The van der Waals surface area contributed by atoms with E-state index in [-0.39, 0.29) is 47.3 Å². The van der Waals surface area contributed by atoms with Crippen LogP contribution in [0, 0.1) is 6.92 Å². The molecule has 0 saturated carbocycles. The zero-order chi connectivity index (χ0) is 21.3. The van der Waals surface area contributed by atoms with Gasteiger partial charge in [-0.3, -0.25) is 9.54 Å². The maximum Gasteiger partial charge on any atom is 1.00 e. The second-order valence-corrected chi connectivity index (χ2v) is 8.13. The zero-order valence-electron chi connectivity index (χ0n) is 18.0. The Kier molecular flexibility index (Phi) is 6.88. The monoisotopic (exact) mass is 442 g/mol. The third kappa shape index (κ3) is 4.84. The predicted molar refractivity (Wildman–Crippen MR) is 118 cm³/mol. The van der Waals surface area contributed by atoms with Crippen LogP contribution < -0.4 is 35.3 Å². The van der Waals surface area contributed by atoms with E-state index in [2.05, 4.69) is 15.2 Å². The first-order valence-corrected chi connectivity index (χ1v) is 10.5. The molecule has 0 aliphatic heterocycles. The van der Waals surface area contributed by atoms with Gasteiger partial charge in [-0.15, -0.1) is 10.2 Å². The SMILES string of the molecule is Cc1ccccc1-c1ccc(N=Nc2cc(S(=O)(=O)O)c3ccccc3c2N)cn1.[H-].[Na+]. The van der Waals surface area contributed by atoms with E-state index in [1.54, 1.807) is 36.5 Å². The van der Waals surface area contributed by atoms with Crippen LogP contribution in [0.1, 0.15) is 6.99 Å². The minimum atomic E-state index is -4.46. The standard InChI is InChI=1S/C22H18N4O3S.Na.H/c1-14-6-2-3-7-16(14)19-11-10-15(13-24-19)25-26-20-12-21(30(27,28)29)17-8-4-5-9-18(17)22(20)23;;/h2-13H,23H2,1H3,(H,27,28,29);;/q;+1;-1. The number of anilines is 1. The van der Waals surface area contributed by atoms with Crippen molar-refractivity contribution in [1.82, 2.24) is 4.98 Å². The molecule has 4 rings (SSSR count). The Morgan fingerprint density at radius 1 is 0.968 bits per heavy atom. The van der Waals surface area contributed by atoms with Crippen LogP contribution in [0.5, 0.6) is 0 Å². The van der Waals surface area contributed by atoms with Gasteiger partial charge in [0.05, 0.1) is 17.6 Å². The van der Waals surface area contributed by atoms with Crippen LogP contribution in [0.15, 0.2) is 88.1 Å². The summed E-state index contributed by atoms with van der Waals surface area (Å²) in [5, 5.41) is 9.02. The smallest absolute Gasteiger partial charge is 1.00 e. The number of nitrogens with zero attached hydrogens (tertiary/aromatic N) is 3. The molecule has 31 heavy (non-hydrogen) atoms. The van der Waals surface area contributed by atoms with Crippen LogP contribution in [0.3, 0.4) is 0 Å². The molecule has 3 aromatic carbocycles. The minimum absolute atomic E-state index is 0. The molecular weight excluding hydrogens is 423 g/mol. The molecule has 0 fully saturated rings. The van der Waals surface area contributed by atoms with Crippen molar-refractivity contribution in [2.45, 2.75) is 11.8 Å². The molecule has 0 bridgehead atoms. The summed E-state index contributed by atoms with van der Waals surface area (Å²) in [6, 6.07) is 19.4. The van der Waals surface area contributed by atoms with Crippen LogP contribution in [0.2, 0.25) is 0 Å². The number of fused-ring (bicyclic) bond motifs is 1. The summed E-state index contributed by atoms with van der Waals surface area (Å²) in [5.41, 5.74) is 10.0. The number of benzene rings is 3. The Hall–Kier alpha value is -2.62. The molecule has 3 N–H and O–H groups in total. The average molecular weight is 442 g/mol. The molecule has 9 heteroatoms. The number of azo groups is 1. The summed E-state index contributed by atoms with van der Waals surface area (Å²) >= 11 is 0.